The number of nitrogens with zero attached hydrogens (tertiary/aromatic N) is 1. The van der Waals surface area contributed by atoms with Gasteiger partial charge in [0.15, 0.2) is 0 Å². The van der Waals surface area contributed by atoms with Crippen molar-refractivity contribution in [2.75, 3.05) is 13.6 Å². The van der Waals surface area contributed by atoms with Gasteiger partial charge in [0, 0.05) is 13.6 Å². The number of carbonyl (C=O) groups excluding carboxylic acids is 1. The SMILES string of the molecule is CN1CCC[C@@H](O)C1=O. The van der Waals surface area contributed by atoms with Gasteiger partial charge in [-0.3, -0.25) is 4.79 Å². The van der Waals surface area contributed by atoms with Crippen LogP contribution in [0.2, 0.25) is 0 Å². The molecule has 0 saturated carbocycles. The average molecular weight is 129 g/mol. The summed E-state index contributed by atoms with van der Waals surface area (Å²) >= 11 is 0. The minimum Gasteiger partial charge on any atom is -0.383 e. The second kappa shape index (κ2) is 2.35. The van der Waals surface area contributed by atoms with Crippen LogP contribution in [0.1, 0.15) is 12.8 Å². The van der Waals surface area contributed by atoms with Crippen LogP contribution in [0.25, 0.3) is 0 Å². The van der Waals surface area contributed by atoms with Gasteiger partial charge in [-0.2, -0.15) is 0 Å². The van der Waals surface area contributed by atoms with Crippen molar-refractivity contribution in [2.45, 2.75) is 18.9 Å². The summed E-state index contributed by atoms with van der Waals surface area (Å²) in [6.07, 6.45) is 0.816. The summed E-state index contributed by atoms with van der Waals surface area (Å²) in [7, 11) is 1.71. The number of hydrogen-bond donors (Lipinski definition) is 1. The molecule has 0 spiro atoms. The Morgan fingerprint density at radius 2 is 2.44 bits per heavy atom. The van der Waals surface area contributed by atoms with Crippen LogP contribution in [-0.2, 0) is 4.79 Å². The minimum atomic E-state index is -0.733. The first kappa shape index (κ1) is 6.55. The maximum absolute atomic E-state index is 10.8. The molecule has 0 radical (unpaired) electrons. The van der Waals surface area contributed by atoms with E-state index in [0.29, 0.717) is 6.42 Å². The zero-order valence-corrected chi connectivity index (χ0v) is 5.50. The monoisotopic (exact) mass is 129 g/mol. The number of likely N-dealkylation sites (tertiary alicyclic amines) is 1. The number of amides is 1. The quantitative estimate of drug-likeness (QED) is 0.483. The molecule has 1 fully saturated rings. The van der Waals surface area contributed by atoms with Gasteiger partial charge in [0.2, 0.25) is 0 Å². The van der Waals surface area contributed by atoms with Crippen molar-refractivity contribution in [1.29, 1.82) is 0 Å². The molecule has 1 aliphatic heterocycles. The molecule has 1 N–H and O–H groups in total. The molecule has 1 amide bonds. The standard InChI is InChI=1S/C6H11NO2/c1-7-4-2-3-5(8)6(7)9/h5,8H,2-4H2,1H3/t5-/m1/s1. The Bertz CT molecular complexity index is 112. The van der Waals surface area contributed by atoms with E-state index in [9.17, 15) is 4.79 Å². The summed E-state index contributed by atoms with van der Waals surface area (Å²) in [4.78, 5) is 12.4. The summed E-state index contributed by atoms with van der Waals surface area (Å²) in [6.45, 7) is 0.788. The molecule has 3 nitrogen and oxygen atoms in total. The Morgan fingerprint density at radius 1 is 1.78 bits per heavy atom. The second-order valence-electron chi connectivity index (χ2n) is 2.42. The van der Waals surface area contributed by atoms with E-state index in [-0.39, 0.29) is 5.91 Å². The number of hydrogen-bond acceptors (Lipinski definition) is 2. The lowest BCUT2D eigenvalue weighted by atomic mass is 10.1. The summed E-state index contributed by atoms with van der Waals surface area (Å²) in [5.41, 5.74) is 0. The molecule has 1 heterocycles. The van der Waals surface area contributed by atoms with Crippen molar-refractivity contribution in [3.63, 3.8) is 0 Å². The van der Waals surface area contributed by atoms with E-state index in [0.717, 1.165) is 13.0 Å². The Morgan fingerprint density at radius 3 is 2.89 bits per heavy atom. The Kier molecular flexibility index (Phi) is 1.71. The first-order chi connectivity index (χ1) is 4.22. The van der Waals surface area contributed by atoms with Crippen molar-refractivity contribution < 1.29 is 9.90 Å². The maximum atomic E-state index is 10.8. The first-order valence-corrected chi connectivity index (χ1v) is 3.15. The van der Waals surface area contributed by atoms with E-state index in [4.69, 9.17) is 5.11 Å². The van der Waals surface area contributed by atoms with Crippen LogP contribution in [0.15, 0.2) is 0 Å². The van der Waals surface area contributed by atoms with E-state index in [2.05, 4.69) is 0 Å². The molecular formula is C6H11NO2. The van der Waals surface area contributed by atoms with E-state index < -0.39 is 6.10 Å². The molecule has 0 aromatic carbocycles. The molecule has 0 unspecified atom stereocenters. The van der Waals surface area contributed by atoms with Crippen LogP contribution in [-0.4, -0.2) is 35.6 Å². The number of aliphatic hydroxyl groups is 1. The summed E-state index contributed by atoms with van der Waals surface area (Å²) in [5, 5.41) is 8.96. The van der Waals surface area contributed by atoms with Crippen molar-refractivity contribution in [3.05, 3.63) is 0 Å². The van der Waals surface area contributed by atoms with Crippen LogP contribution < -0.4 is 0 Å². The van der Waals surface area contributed by atoms with Gasteiger partial charge < -0.3 is 10.0 Å². The lowest BCUT2D eigenvalue weighted by Crippen LogP contribution is -2.41. The summed E-state index contributed by atoms with van der Waals surface area (Å²) < 4.78 is 0. The predicted octanol–water partition coefficient (Wildman–Crippen LogP) is -0.401. The van der Waals surface area contributed by atoms with Gasteiger partial charge in [-0.1, -0.05) is 0 Å². The van der Waals surface area contributed by atoms with Gasteiger partial charge >= 0.3 is 0 Å². The number of piperidine rings is 1. The zero-order valence-electron chi connectivity index (χ0n) is 5.50. The third kappa shape index (κ3) is 1.21. The van der Waals surface area contributed by atoms with Crippen LogP contribution >= 0.6 is 0 Å². The van der Waals surface area contributed by atoms with E-state index in [1.165, 1.54) is 0 Å². The largest absolute Gasteiger partial charge is 0.383 e. The fourth-order valence-corrected chi connectivity index (χ4v) is 1.01. The Balaban J connectivity index is 2.52. The zero-order chi connectivity index (χ0) is 6.85. The van der Waals surface area contributed by atoms with E-state index in [1.54, 1.807) is 11.9 Å². The highest BCUT2D eigenvalue weighted by Gasteiger charge is 2.23. The minimum absolute atomic E-state index is 0.138. The first-order valence-electron chi connectivity index (χ1n) is 3.15. The van der Waals surface area contributed by atoms with Gasteiger partial charge in [0.1, 0.15) is 6.10 Å². The molecule has 1 aliphatic rings. The van der Waals surface area contributed by atoms with E-state index >= 15 is 0 Å². The molecule has 3 heteroatoms. The third-order valence-electron chi connectivity index (χ3n) is 1.63. The van der Waals surface area contributed by atoms with Gasteiger partial charge in [-0.15, -0.1) is 0 Å². The highest BCUT2D eigenvalue weighted by atomic mass is 16.3. The van der Waals surface area contributed by atoms with Crippen molar-refractivity contribution in [2.24, 2.45) is 0 Å². The van der Waals surface area contributed by atoms with Crippen molar-refractivity contribution in [3.8, 4) is 0 Å². The summed E-state index contributed by atoms with van der Waals surface area (Å²) in [6, 6.07) is 0. The molecule has 52 valence electrons. The molecule has 9 heavy (non-hydrogen) atoms. The van der Waals surface area contributed by atoms with Crippen LogP contribution in [0, 0.1) is 0 Å². The number of rotatable bonds is 0. The summed E-state index contributed by atoms with van der Waals surface area (Å²) in [5.74, 6) is -0.138. The van der Waals surface area contributed by atoms with Crippen LogP contribution in [0.3, 0.4) is 0 Å². The highest BCUT2D eigenvalue weighted by molar-refractivity contribution is 5.80. The van der Waals surface area contributed by atoms with Crippen molar-refractivity contribution >= 4 is 5.91 Å². The topological polar surface area (TPSA) is 40.5 Å². The normalized spacial score (nSPS) is 28.9. The predicted molar refractivity (Wildman–Crippen MR) is 32.9 cm³/mol. The molecule has 1 rings (SSSR count). The molecular weight excluding hydrogens is 118 g/mol. The average Bonchev–Trinajstić information content (AvgIpc) is 1.83. The fraction of sp³-hybridized carbons (Fsp3) is 0.833. The molecule has 0 aliphatic carbocycles. The number of likely N-dealkylation sites (N-methyl/N-ethyl adjacent to an activating group) is 1. The number of carbonyl (C=O) groups is 1. The third-order valence-corrected chi connectivity index (χ3v) is 1.63. The number of aliphatic hydroxyl groups excluding tert-OH is 1. The lowest BCUT2D eigenvalue weighted by Gasteiger charge is -2.25. The van der Waals surface area contributed by atoms with Crippen LogP contribution in [0.5, 0.6) is 0 Å². The van der Waals surface area contributed by atoms with Gasteiger partial charge in [0.25, 0.3) is 5.91 Å². The Hall–Kier alpha value is -0.570. The molecule has 0 bridgehead atoms. The lowest BCUT2D eigenvalue weighted by molar-refractivity contribution is -0.142. The highest BCUT2D eigenvalue weighted by Crippen LogP contribution is 2.08. The molecule has 1 atom stereocenters. The Labute approximate surface area is 54.3 Å². The molecule has 0 aromatic heterocycles. The van der Waals surface area contributed by atoms with Gasteiger partial charge in [-0.05, 0) is 12.8 Å². The second-order valence-corrected chi connectivity index (χ2v) is 2.42. The smallest absolute Gasteiger partial charge is 0.251 e. The fourth-order valence-electron chi connectivity index (χ4n) is 1.01. The van der Waals surface area contributed by atoms with Crippen molar-refractivity contribution in [1.82, 2.24) is 4.90 Å². The van der Waals surface area contributed by atoms with Gasteiger partial charge in [0.05, 0.1) is 0 Å². The molecule has 1 saturated heterocycles. The molecule has 0 aromatic rings. The van der Waals surface area contributed by atoms with E-state index in [1.807, 2.05) is 0 Å². The van der Waals surface area contributed by atoms with Crippen LogP contribution in [0.4, 0.5) is 0 Å². The van der Waals surface area contributed by atoms with Gasteiger partial charge in [-0.25, -0.2) is 0 Å². The maximum Gasteiger partial charge on any atom is 0.251 e.